The van der Waals surface area contributed by atoms with E-state index in [0.29, 0.717) is 17.1 Å². The Morgan fingerprint density at radius 3 is 2.51 bits per heavy atom. The lowest BCUT2D eigenvalue weighted by Crippen LogP contribution is -2.27. The fraction of sp³-hybridized carbons (Fsp3) is 0.120. The molecule has 10 heteroatoms. The average Bonchev–Trinajstić information content (AvgIpc) is 3.11. The fourth-order valence-corrected chi connectivity index (χ4v) is 4.25. The Balaban J connectivity index is 1.50. The van der Waals surface area contributed by atoms with Crippen LogP contribution in [-0.4, -0.2) is 28.1 Å². The van der Waals surface area contributed by atoms with E-state index in [4.69, 9.17) is 9.47 Å². The van der Waals surface area contributed by atoms with Crippen LogP contribution in [0.3, 0.4) is 0 Å². The highest BCUT2D eigenvalue weighted by Gasteiger charge is 2.36. The minimum atomic E-state index is -0.545. The maximum Gasteiger partial charge on any atom is 0.293 e. The number of para-hydroxylation sites is 1. The topological polar surface area (TPSA) is 99.0 Å². The highest BCUT2D eigenvalue weighted by Crippen LogP contribution is 2.36. The highest BCUT2D eigenvalue weighted by molar-refractivity contribution is 8.18. The molecular weight excluding hydrogens is 475 g/mol. The van der Waals surface area contributed by atoms with Gasteiger partial charge in [0.2, 0.25) is 0 Å². The summed E-state index contributed by atoms with van der Waals surface area (Å²) in [5, 5.41) is 10.7. The van der Waals surface area contributed by atoms with Crippen LogP contribution in [0.2, 0.25) is 0 Å². The molecule has 0 aliphatic carbocycles. The number of amides is 2. The number of thioether (sulfide) groups is 1. The van der Waals surface area contributed by atoms with Crippen LogP contribution >= 0.6 is 11.8 Å². The quantitative estimate of drug-likeness (QED) is 0.230. The molecule has 35 heavy (non-hydrogen) atoms. The number of imide groups is 1. The van der Waals surface area contributed by atoms with E-state index in [9.17, 15) is 24.1 Å². The Morgan fingerprint density at radius 1 is 1.06 bits per heavy atom. The van der Waals surface area contributed by atoms with Crippen LogP contribution < -0.4 is 9.47 Å². The number of rotatable bonds is 8. The molecule has 0 N–H and O–H groups in total. The number of nitro groups is 1. The average molecular weight is 495 g/mol. The van der Waals surface area contributed by atoms with Gasteiger partial charge < -0.3 is 9.47 Å². The van der Waals surface area contributed by atoms with E-state index in [1.54, 1.807) is 42.5 Å². The second-order valence-corrected chi connectivity index (χ2v) is 8.47. The van der Waals surface area contributed by atoms with Gasteiger partial charge in [-0.3, -0.25) is 24.6 Å². The number of hydrogen-bond acceptors (Lipinski definition) is 7. The minimum Gasteiger partial charge on any atom is -0.493 e. The number of methoxy groups -OCH3 is 1. The van der Waals surface area contributed by atoms with Crippen LogP contribution in [0.25, 0.3) is 6.08 Å². The number of halogens is 1. The lowest BCUT2D eigenvalue weighted by atomic mass is 10.1. The monoisotopic (exact) mass is 494 g/mol. The molecule has 1 fully saturated rings. The first-order chi connectivity index (χ1) is 16.9. The van der Waals surface area contributed by atoms with E-state index in [0.717, 1.165) is 22.2 Å². The molecule has 1 aliphatic heterocycles. The number of ether oxygens (including phenoxy) is 2. The van der Waals surface area contributed by atoms with Crippen molar-refractivity contribution in [3.8, 4) is 11.5 Å². The van der Waals surface area contributed by atoms with Crippen molar-refractivity contribution >= 4 is 34.7 Å². The SMILES string of the molecule is COc1cc(/C=C2/SC(=O)N(Cc3ccccc3[N+](=O)[O-])C2=O)ccc1OCc1ccc(F)cc1. The smallest absolute Gasteiger partial charge is 0.293 e. The summed E-state index contributed by atoms with van der Waals surface area (Å²) in [5.41, 5.74) is 1.50. The highest BCUT2D eigenvalue weighted by atomic mass is 32.2. The van der Waals surface area contributed by atoms with E-state index < -0.39 is 16.1 Å². The van der Waals surface area contributed by atoms with Crippen molar-refractivity contribution in [2.75, 3.05) is 7.11 Å². The molecule has 0 atom stereocenters. The zero-order valence-corrected chi connectivity index (χ0v) is 19.3. The number of carbonyl (C=O) groups excluding carboxylic acids is 2. The Morgan fingerprint density at radius 2 is 1.80 bits per heavy atom. The van der Waals surface area contributed by atoms with Crippen LogP contribution in [0.15, 0.2) is 71.6 Å². The third-order valence-electron chi connectivity index (χ3n) is 5.18. The summed E-state index contributed by atoms with van der Waals surface area (Å²) >= 11 is 0.762. The molecule has 0 saturated carbocycles. The predicted molar refractivity (Wildman–Crippen MR) is 128 cm³/mol. The lowest BCUT2D eigenvalue weighted by molar-refractivity contribution is -0.385. The van der Waals surface area contributed by atoms with E-state index >= 15 is 0 Å². The summed E-state index contributed by atoms with van der Waals surface area (Å²) in [6.07, 6.45) is 1.55. The van der Waals surface area contributed by atoms with Gasteiger partial charge in [0.05, 0.1) is 23.5 Å². The molecule has 0 radical (unpaired) electrons. The molecule has 0 aromatic heterocycles. The maximum absolute atomic E-state index is 13.1. The summed E-state index contributed by atoms with van der Waals surface area (Å²) in [5.74, 6) is 0.00862. The lowest BCUT2D eigenvalue weighted by Gasteiger charge is -2.12. The van der Waals surface area contributed by atoms with Crippen LogP contribution in [0.1, 0.15) is 16.7 Å². The summed E-state index contributed by atoms with van der Waals surface area (Å²) < 4.78 is 24.2. The van der Waals surface area contributed by atoms with Crippen molar-refractivity contribution in [2.45, 2.75) is 13.2 Å². The Bertz CT molecular complexity index is 1330. The molecule has 1 heterocycles. The van der Waals surface area contributed by atoms with Crippen LogP contribution in [0.5, 0.6) is 11.5 Å². The molecule has 0 bridgehead atoms. The summed E-state index contributed by atoms with van der Waals surface area (Å²) in [7, 11) is 1.48. The van der Waals surface area contributed by atoms with E-state index in [-0.39, 0.29) is 35.1 Å². The second kappa shape index (κ2) is 10.4. The van der Waals surface area contributed by atoms with Gasteiger partial charge in [0.1, 0.15) is 12.4 Å². The van der Waals surface area contributed by atoms with Crippen molar-refractivity contribution in [1.82, 2.24) is 4.90 Å². The molecule has 0 unspecified atom stereocenters. The zero-order chi connectivity index (χ0) is 24.9. The molecule has 3 aromatic rings. The number of hydrogen-bond donors (Lipinski definition) is 0. The molecule has 178 valence electrons. The largest absolute Gasteiger partial charge is 0.493 e. The molecule has 1 saturated heterocycles. The van der Waals surface area contributed by atoms with Crippen LogP contribution in [0, 0.1) is 15.9 Å². The van der Waals surface area contributed by atoms with Crippen molar-refractivity contribution in [3.05, 3.63) is 104 Å². The van der Waals surface area contributed by atoms with Gasteiger partial charge in [-0.1, -0.05) is 36.4 Å². The Hall–Kier alpha value is -4.18. The van der Waals surface area contributed by atoms with Gasteiger partial charge in [-0.05, 0) is 53.2 Å². The van der Waals surface area contributed by atoms with Crippen molar-refractivity contribution in [2.24, 2.45) is 0 Å². The van der Waals surface area contributed by atoms with Gasteiger partial charge in [-0.2, -0.15) is 0 Å². The summed E-state index contributed by atoms with van der Waals surface area (Å²) in [6.45, 7) is 0.0130. The zero-order valence-electron chi connectivity index (χ0n) is 18.5. The molecule has 3 aromatic carbocycles. The third-order valence-corrected chi connectivity index (χ3v) is 6.09. The fourth-order valence-electron chi connectivity index (χ4n) is 3.42. The first-order valence-corrected chi connectivity index (χ1v) is 11.2. The molecule has 8 nitrogen and oxygen atoms in total. The van der Waals surface area contributed by atoms with Gasteiger partial charge in [0, 0.05) is 11.6 Å². The first-order valence-electron chi connectivity index (χ1n) is 10.4. The summed E-state index contributed by atoms with van der Waals surface area (Å²) in [4.78, 5) is 37.2. The van der Waals surface area contributed by atoms with Gasteiger partial charge in [-0.25, -0.2) is 4.39 Å². The normalized spacial score (nSPS) is 14.5. The van der Waals surface area contributed by atoms with Crippen molar-refractivity contribution < 1.29 is 28.4 Å². The second-order valence-electron chi connectivity index (χ2n) is 7.48. The molecule has 4 rings (SSSR count). The Labute approximate surface area is 204 Å². The van der Waals surface area contributed by atoms with Gasteiger partial charge in [0.15, 0.2) is 11.5 Å². The van der Waals surface area contributed by atoms with E-state index in [2.05, 4.69) is 0 Å². The molecule has 1 aliphatic rings. The van der Waals surface area contributed by atoms with Gasteiger partial charge in [0.25, 0.3) is 16.8 Å². The molecular formula is C25H19FN2O6S. The molecule has 2 amide bonds. The molecule has 0 spiro atoms. The predicted octanol–water partition coefficient (Wildman–Crippen LogP) is 5.56. The minimum absolute atomic E-state index is 0.156. The summed E-state index contributed by atoms with van der Waals surface area (Å²) in [6, 6.07) is 17.0. The van der Waals surface area contributed by atoms with Gasteiger partial charge >= 0.3 is 0 Å². The Kier molecular flexibility index (Phi) is 7.11. The van der Waals surface area contributed by atoms with E-state index in [1.165, 1.54) is 37.4 Å². The number of benzene rings is 3. The first kappa shape index (κ1) is 24.0. The van der Waals surface area contributed by atoms with Gasteiger partial charge in [-0.15, -0.1) is 0 Å². The number of nitrogens with zero attached hydrogens (tertiary/aromatic N) is 2. The standard InChI is InChI=1S/C25H19FN2O6S/c1-33-22-12-17(8-11-21(22)34-15-16-6-9-19(26)10-7-16)13-23-24(29)27(25(30)35-23)14-18-4-2-3-5-20(18)28(31)32/h2-13H,14-15H2,1H3/b23-13+. The maximum atomic E-state index is 13.1. The van der Waals surface area contributed by atoms with E-state index in [1.807, 2.05) is 0 Å². The van der Waals surface area contributed by atoms with Crippen molar-refractivity contribution in [1.29, 1.82) is 0 Å². The number of carbonyl (C=O) groups is 2. The van der Waals surface area contributed by atoms with Crippen LogP contribution in [-0.2, 0) is 17.9 Å². The third kappa shape index (κ3) is 5.49. The van der Waals surface area contributed by atoms with Crippen molar-refractivity contribution in [3.63, 3.8) is 0 Å². The van der Waals surface area contributed by atoms with Crippen LogP contribution in [0.4, 0.5) is 14.9 Å². The number of nitro benzene ring substituents is 1.